The minimum absolute atomic E-state index is 0.195. The average Bonchev–Trinajstić information content (AvgIpc) is 2.89. The average molecular weight is 176 g/mol. The van der Waals surface area contributed by atoms with Crippen LogP contribution in [0.5, 0.6) is 0 Å². The van der Waals surface area contributed by atoms with Gasteiger partial charge in [0.25, 0.3) is 0 Å². The van der Waals surface area contributed by atoms with Gasteiger partial charge >= 0.3 is 0 Å². The summed E-state index contributed by atoms with van der Waals surface area (Å²) in [6.45, 7) is 1.85. The molecule has 1 aliphatic carbocycles. The zero-order valence-corrected chi connectivity index (χ0v) is 7.66. The summed E-state index contributed by atoms with van der Waals surface area (Å²) >= 11 is 0. The number of aryl methyl sites for hydroxylation is 1. The molecule has 68 valence electrons. The summed E-state index contributed by atoms with van der Waals surface area (Å²) in [7, 11) is 0. The number of rotatable bonds is 3. The van der Waals surface area contributed by atoms with Crippen LogP contribution in [0, 0.1) is 12.8 Å². The molecule has 1 fully saturated rings. The first kappa shape index (κ1) is 8.35. The van der Waals surface area contributed by atoms with E-state index in [0.717, 1.165) is 5.69 Å². The van der Waals surface area contributed by atoms with E-state index in [-0.39, 0.29) is 5.78 Å². The highest BCUT2D eigenvalue weighted by Crippen LogP contribution is 2.33. The van der Waals surface area contributed by atoms with Crippen LogP contribution in [0.15, 0.2) is 12.5 Å². The Bertz CT molecular complexity index is 331. The van der Waals surface area contributed by atoms with Crippen LogP contribution >= 0.6 is 0 Å². The van der Waals surface area contributed by atoms with Crippen molar-refractivity contribution in [3.63, 3.8) is 0 Å². The largest absolute Gasteiger partial charge is 0.294 e. The Morgan fingerprint density at radius 2 is 2.38 bits per heavy atom. The highest BCUT2D eigenvalue weighted by Gasteiger charge is 2.25. The molecule has 0 bridgehead atoms. The maximum atomic E-state index is 11.6. The summed E-state index contributed by atoms with van der Waals surface area (Å²) in [5.41, 5.74) is 1.48. The molecule has 0 aliphatic heterocycles. The van der Waals surface area contributed by atoms with Crippen molar-refractivity contribution in [3.8, 4) is 0 Å². The molecule has 0 amide bonds. The van der Waals surface area contributed by atoms with Crippen LogP contribution in [0.3, 0.4) is 0 Å². The Hall–Kier alpha value is -1.25. The van der Waals surface area contributed by atoms with Crippen LogP contribution in [0.2, 0.25) is 0 Å². The lowest BCUT2D eigenvalue weighted by molar-refractivity contribution is 0.0974. The summed E-state index contributed by atoms with van der Waals surface area (Å²) in [6.07, 6.45) is 6.18. The van der Waals surface area contributed by atoms with E-state index in [2.05, 4.69) is 9.97 Å². The van der Waals surface area contributed by atoms with E-state index in [1.807, 2.05) is 6.92 Å². The Labute approximate surface area is 77.2 Å². The zero-order chi connectivity index (χ0) is 9.26. The lowest BCUT2D eigenvalue weighted by Gasteiger charge is -2.01. The summed E-state index contributed by atoms with van der Waals surface area (Å²) in [5.74, 6) is 0.827. The highest BCUT2D eigenvalue weighted by molar-refractivity contribution is 5.96. The van der Waals surface area contributed by atoms with Gasteiger partial charge < -0.3 is 0 Å². The van der Waals surface area contributed by atoms with Crippen molar-refractivity contribution in [2.24, 2.45) is 5.92 Å². The molecule has 3 heteroatoms. The molecule has 0 aromatic carbocycles. The lowest BCUT2D eigenvalue weighted by Crippen LogP contribution is -2.04. The van der Waals surface area contributed by atoms with E-state index < -0.39 is 0 Å². The van der Waals surface area contributed by atoms with Crippen LogP contribution in [0.4, 0.5) is 0 Å². The molecule has 13 heavy (non-hydrogen) atoms. The molecule has 2 rings (SSSR count). The predicted octanol–water partition coefficient (Wildman–Crippen LogP) is 1.77. The number of ketones is 1. The van der Waals surface area contributed by atoms with Gasteiger partial charge in [-0.05, 0) is 25.7 Å². The monoisotopic (exact) mass is 176 g/mol. The maximum Gasteiger partial charge on any atom is 0.166 e. The van der Waals surface area contributed by atoms with Gasteiger partial charge in [-0.3, -0.25) is 4.79 Å². The molecule has 1 aliphatic rings. The molecule has 3 nitrogen and oxygen atoms in total. The van der Waals surface area contributed by atoms with Gasteiger partial charge in [0.15, 0.2) is 5.78 Å². The molecular formula is C10H12N2O. The van der Waals surface area contributed by atoms with Crippen LogP contribution in [-0.4, -0.2) is 15.8 Å². The van der Waals surface area contributed by atoms with E-state index in [0.29, 0.717) is 17.9 Å². The van der Waals surface area contributed by atoms with Gasteiger partial charge in [0.05, 0.1) is 11.3 Å². The Morgan fingerprint density at radius 3 is 3.00 bits per heavy atom. The molecule has 0 spiro atoms. The predicted molar refractivity (Wildman–Crippen MR) is 48.4 cm³/mol. The topological polar surface area (TPSA) is 42.9 Å². The molecule has 0 saturated heterocycles. The minimum Gasteiger partial charge on any atom is -0.294 e. The number of hydrogen-bond donors (Lipinski definition) is 0. The van der Waals surface area contributed by atoms with Crippen molar-refractivity contribution >= 4 is 5.78 Å². The van der Waals surface area contributed by atoms with Crippen molar-refractivity contribution in [2.75, 3.05) is 0 Å². The standard InChI is InChI=1S/C10H12N2O/c1-7-9(5-11-6-12-7)10(13)4-8-2-3-8/h5-6,8H,2-4H2,1H3. The summed E-state index contributed by atoms with van der Waals surface area (Å²) in [6, 6.07) is 0. The van der Waals surface area contributed by atoms with Gasteiger partial charge in [0, 0.05) is 12.6 Å². The van der Waals surface area contributed by atoms with Gasteiger partial charge in [-0.1, -0.05) is 0 Å². The van der Waals surface area contributed by atoms with Crippen LogP contribution in [-0.2, 0) is 0 Å². The van der Waals surface area contributed by atoms with Crippen molar-refractivity contribution in [1.82, 2.24) is 9.97 Å². The first-order chi connectivity index (χ1) is 6.27. The third-order valence-electron chi connectivity index (χ3n) is 2.38. The van der Waals surface area contributed by atoms with Gasteiger partial charge in [0.1, 0.15) is 6.33 Å². The fourth-order valence-corrected chi connectivity index (χ4v) is 1.36. The second kappa shape index (κ2) is 3.24. The fraction of sp³-hybridized carbons (Fsp3) is 0.500. The molecule has 1 aromatic heterocycles. The Kier molecular flexibility index (Phi) is 2.08. The first-order valence-corrected chi connectivity index (χ1v) is 4.57. The zero-order valence-electron chi connectivity index (χ0n) is 7.66. The molecule has 0 N–H and O–H groups in total. The van der Waals surface area contributed by atoms with Crippen molar-refractivity contribution in [2.45, 2.75) is 26.2 Å². The molecule has 0 unspecified atom stereocenters. The van der Waals surface area contributed by atoms with E-state index in [4.69, 9.17) is 0 Å². The van der Waals surface area contributed by atoms with Gasteiger partial charge in [-0.15, -0.1) is 0 Å². The smallest absolute Gasteiger partial charge is 0.166 e. The summed E-state index contributed by atoms with van der Waals surface area (Å²) in [4.78, 5) is 19.5. The molecule has 0 radical (unpaired) electrons. The lowest BCUT2D eigenvalue weighted by atomic mass is 10.1. The van der Waals surface area contributed by atoms with E-state index in [9.17, 15) is 4.79 Å². The van der Waals surface area contributed by atoms with Crippen molar-refractivity contribution in [1.29, 1.82) is 0 Å². The van der Waals surface area contributed by atoms with Gasteiger partial charge in [0.2, 0.25) is 0 Å². The fourth-order valence-electron chi connectivity index (χ4n) is 1.36. The first-order valence-electron chi connectivity index (χ1n) is 4.57. The molecule has 0 atom stereocenters. The number of nitrogens with zero attached hydrogens (tertiary/aromatic N) is 2. The number of hydrogen-bond acceptors (Lipinski definition) is 3. The quantitative estimate of drug-likeness (QED) is 0.659. The number of Topliss-reactive ketones (excluding diaryl/α,β-unsaturated/α-hetero) is 1. The molecule has 1 aromatic rings. The van der Waals surface area contributed by atoms with Crippen molar-refractivity contribution in [3.05, 3.63) is 23.8 Å². The van der Waals surface area contributed by atoms with E-state index in [1.54, 1.807) is 6.20 Å². The maximum absolute atomic E-state index is 11.6. The van der Waals surface area contributed by atoms with Crippen LogP contribution in [0.25, 0.3) is 0 Å². The Morgan fingerprint density at radius 1 is 1.62 bits per heavy atom. The third kappa shape index (κ3) is 1.91. The van der Waals surface area contributed by atoms with Crippen molar-refractivity contribution < 1.29 is 4.79 Å². The number of aromatic nitrogens is 2. The Balaban J connectivity index is 2.13. The van der Waals surface area contributed by atoms with Gasteiger partial charge in [-0.2, -0.15) is 0 Å². The van der Waals surface area contributed by atoms with Crippen LogP contribution < -0.4 is 0 Å². The number of carbonyl (C=O) groups excluding carboxylic acids is 1. The van der Waals surface area contributed by atoms with E-state index in [1.165, 1.54) is 19.2 Å². The van der Waals surface area contributed by atoms with E-state index >= 15 is 0 Å². The van der Waals surface area contributed by atoms with Gasteiger partial charge in [-0.25, -0.2) is 9.97 Å². The SMILES string of the molecule is Cc1ncncc1C(=O)CC1CC1. The molecular weight excluding hydrogens is 164 g/mol. The summed E-state index contributed by atoms with van der Waals surface area (Å²) in [5, 5.41) is 0. The minimum atomic E-state index is 0.195. The molecule has 1 saturated carbocycles. The molecule has 1 heterocycles. The highest BCUT2D eigenvalue weighted by atomic mass is 16.1. The normalized spacial score (nSPS) is 15.8. The second-order valence-corrected chi connectivity index (χ2v) is 3.59. The third-order valence-corrected chi connectivity index (χ3v) is 2.38. The van der Waals surface area contributed by atoms with Crippen LogP contribution in [0.1, 0.15) is 35.3 Å². The number of carbonyl (C=O) groups is 1. The summed E-state index contributed by atoms with van der Waals surface area (Å²) < 4.78 is 0. The second-order valence-electron chi connectivity index (χ2n) is 3.59.